The van der Waals surface area contributed by atoms with Crippen molar-refractivity contribution >= 4 is 11.3 Å². The quantitative estimate of drug-likeness (QED) is 0.835. The molecular formula is C15H20N2OS. The Morgan fingerprint density at radius 1 is 1.37 bits per heavy atom. The van der Waals surface area contributed by atoms with Crippen LogP contribution < -0.4 is 10.1 Å². The number of hydrogen-bond acceptors (Lipinski definition) is 4. The first kappa shape index (κ1) is 14.0. The van der Waals surface area contributed by atoms with E-state index in [1.807, 2.05) is 23.6 Å². The Morgan fingerprint density at radius 2 is 2.26 bits per heavy atom. The third-order valence-electron chi connectivity index (χ3n) is 3.02. The second-order valence-corrected chi connectivity index (χ2v) is 5.43. The Hall–Kier alpha value is -1.39. The van der Waals surface area contributed by atoms with Crippen LogP contribution in [0, 0.1) is 0 Å². The molecule has 0 aliphatic carbocycles. The van der Waals surface area contributed by atoms with Crippen molar-refractivity contribution in [2.45, 2.75) is 32.4 Å². The van der Waals surface area contributed by atoms with Crippen molar-refractivity contribution < 1.29 is 4.74 Å². The normalized spacial score (nSPS) is 12.3. The van der Waals surface area contributed by atoms with Crippen molar-refractivity contribution in [3.8, 4) is 5.88 Å². The molecule has 1 atom stereocenters. The van der Waals surface area contributed by atoms with E-state index in [0.29, 0.717) is 11.9 Å². The van der Waals surface area contributed by atoms with E-state index in [2.05, 4.69) is 40.8 Å². The van der Waals surface area contributed by atoms with Crippen molar-refractivity contribution in [2.24, 2.45) is 0 Å². The Labute approximate surface area is 118 Å². The minimum atomic E-state index is 0.437. The van der Waals surface area contributed by atoms with Crippen LogP contribution in [-0.4, -0.2) is 12.1 Å². The molecule has 0 aliphatic rings. The van der Waals surface area contributed by atoms with Gasteiger partial charge < -0.3 is 10.1 Å². The predicted octanol–water partition coefficient (Wildman–Crippen LogP) is 3.78. The van der Waals surface area contributed by atoms with Gasteiger partial charge in [0.25, 0.3) is 0 Å². The molecule has 2 aromatic heterocycles. The molecule has 0 saturated carbocycles. The molecule has 4 heteroatoms. The first-order valence-corrected chi connectivity index (χ1v) is 7.47. The molecule has 2 aromatic rings. The minimum Gasteiger partial charge on any atom is -0.481 e. The topological polar surface area (TPSA) is 34.1 Å². The highest BCUT2D eigenvalue weighted by Crippen LogP contribution is 2.23. The summed E-state index contributed by atoms with van der Waals surface area (Å²) in [6, 6.07) is 8.70. The van der Waals surface area contributed by atoms with E-state index in [1.165, 1.54) is 16.9 Å². The molecule has 1 N–H and O–H groups in total. The maximum Gasteiger partial charge on any atom is 0.212 e. The molecule has 19 heavy (non-hydrogen) atoms. The second-order valence-electron chi connectivity index (χ2n) is 4.45. The third kappa shape index (κ3) is 4.04. The average molecular weight is 276 g/mol. The fourth-order valence-corrected chi connectivity index (χ4v) is 2.84. The summed E-state index contributed by atoms with van der Waals surface area (Å²) >= 11 is 1.81. The van der Waals surface area contributed by atoms with E-state index in [1.54, 1.807) is 7.11 Å². The zero-order chi connectivity index (χ0) is 13.5. The third-order valence-corrected chi connectivity index (χ3v) is 4.01. The van der Waals surface area contributed by atoms with Crippen molar-refractivity contribution in [1.82, 2.24) is 10.3 Å². The molecule has 0 amide bonds. The van der Waals surface area contributed by atoms with Gasteiger partial charge in [-0.2, -0.15) is 0 Å². The van der Waals surface area contributed by atoms with Gasteiger partial charge in [0, 0.05) is 29.7 Å². The van der Waals surface area contributed by atoms with Gasteiger partial charge in [-0.05, 0) is 23.4 Å². The number of nitrogens with zero attached hydrogens (tertiary/aromatic N) is 1. The van der Waals surface area contributed by atoms with E-state index in [4.69, 9.17) is 4.74 Å². The number of pyridine rings is 1. The molecule has 0 saturated heterocycles. The van der Waals surface area contributed by atoms with Crippen LogP contribution in [0.2, 0.25) is 0 Å². The smallest absolute Gasteiger partial charge is 0.212 e. The molecule has 0 bridgehead atoms. The second kappa shape index (κ2) is 7.26. The molecule has 0 fully saturated rings. The van der Waals surface area contributed by atoms with Crippen LogP contribution in [0.3, 0.4) is 0 Å². The maximum absolute atomic E-state index is 5.06. The SMILES string of the molecule is CCCC(NCc1ccc(OC)nc1)c1cccs1. The summed E-state index contributed by atoms with van der Waals surface area (Å²) < 4.78 is 5.06. The molecule has 1 unspecified atom stereocenters. The summed E-state index contributed by atoms with van der Waals surface area (Å²) in [6.07, 6.45) is 4.20. The fraction of sp³-hybridized carbons (Fsp3) is 0.400. The lowest BCUT2D eigenvalue weighted by molar-refractivity contribution is 0.397. The molecule has 2 heterocycles. The zero-order valence-corrected chi connectivity index (χ0v) is 12.2. The Balaban J connectivity index is 1.94. The van der Waals surface area contributed by atoms with Crippen LogP contribution in [0.15, 0.2) is 35.8 Å². The van der Waals surface area contributed by atoms with Crippen molar-refractivity contribution in [1.29, 1.82) is 0 Å². The van der Waals surface area contributed by atoms with Crippen LogP contribution >= 0.6 is 11.3 Å². The van der Waals surface area contributed by atoms with Gasteiger partial charge in [-0.25, -0.2) is 4.98 Å². The highest BCUT2D eigenvalue weighted by molar-refractivity contribution is 7.10. The lowest BCUT2D eigenvalue weighted by atomic mass is 10.1. The Kier molecular flexibility index (Phi) is 5.36. The van der Waals surface area contributed by atoms with Gasteiger partial charge in [-0.15, -0.1) is 11.3 Å². The largest absolute Gasteiger partial charge is 0.481 e. The summed E-state index contributed by atoms with van der Waals surface area (Å²) in [5.41, 5.74) is 1.18. The van der Waals surface area contributed by atoms with Gasteiger partial charge in [0.1, 0.15) is 0 Å². The first-order chi connectivity index (χ1) is 9.33. The zero-order valence-electron chi connectivity index (χ0n) is 11.4. The predicted molar refractivity (Wildman–Crippen MR) is 79.6 cm³/mol. The number of ether oxygens (including phenoxy) is 1. The summed E-state index contributed by atoms with van der Waals surface area (Å²) in [4.78, 5) is 5.63. The van der Waals surface area contributed by atoms with Crippen molar-refractivity contribution in [2.75, 3.05) is 7.11 Å². The van der Waals surface area contributed by atoms with E-state index in [0.717, 1.165) is 13.0 Å². The Bertz CT molecular complexity index is 467. The van der Waals surface area contributed by atoms with Crippen LogP contribution in [0.1, 0.15) is 36.2 Å². The van der Waals surface area contributed by atoms with Gasteiger partial charge in [0.2, 0.25) is 5.88 Å². The number of thiophene rings is 1. The van der Waals surface area contributed by atoms with E-state index in [-0.39, 0.29) is 0 Å². The summed E-state index contributed by atoms with van der Waals surface area (Å²) in [7, 11) is 1.63. The molecule has 0 aromatic carbocycles. The minimum absolute atomic E-state index is 0.437. The Morgan fingerprint density at radius 3 is 2.84 bits per heavy atom. The molecule has 2 rings (SSSR count). The van der Waals surface area contributed by atoms with Crippen LogP contribution in [-0.2, 0) is 6.54 Å². The number of aromatic nitrogens is 1. The van der Waals surface area contributed by atoms with Gasteiger partial charge >= 0.3 is 0 Å². The first-order valence-electron chi connectivity index (χ1n) is 6.59. The number of nitrogens with one attached hydrogen (secondary N) is 1. The number of rotatable bonds is 7. The lowest BCUT2D eigenvalue weighted by Crippen LogP contribution is -2.20. The van der Waals surface area contributed by atoms with Gasteiger partial charge in [-0.3, -0.25) is 0 Å². The molecule has 0 radical (unpaired) electrons. The molecule has 102 valence electrons. The summed E-state index contributed by atoms with van der Waals surface area (Å²) in [6.45, 7) is 3.05. The molecule has 0 spiro atoms. The van der Waals surface area contributed by atoms with E-state index < -0.39 is 0 Å². The van der Waals surface area contributed by atoms with Crippen LogP contribution in [0.25, 0.3) is 0 Å². The fourth-order valence-electron chi connectivity index (χ4n) is 2.00. The molecular weight excluding hydrogens is 256 g/mol. The van der Waals surface area contributed by atoms with Crippen molar-refractivity contribution in [3.63, 3.8) is 0 Å². The van der Waals surface area contributed by atoms with Crippen LogP contribution in [0.4, 0.5) is 0 Å². The summed E-state index contributed by atoms with van der Waals surface area (Å²) in [5, 5.41) is 5.74. The molecule has 3 nitrogen and oxygen atoms in total. The number of hydrogen-bond donors (Lipinski definition) is 1. The molecule has 0 aliphatic heterocycles. The average Bonchev–Trinajstić information content (AvgIpc) is 2.98. The van der Waals surface area contributed by atoms with Gasteiger partial charge in [0.05, 0.1) is 7.11 Å². The summed E-state index contributed by atoms with van der Waals surface area (Å²) in [5.74, 6) is 0.659. The van der Waals surface area contributed by atoms with E-state index >= 15 is 0 Å². The van der Waals surface area contributed by atoms with Gasteiger partial charge in [-0.1, -0.05) is 25.5 Å². The highest BCUT2D eigenvalue weighted by atomic mass is 32.1. The standard InChI is InChI=1S/C15H20N2OS/c1-3-5-13(14-6-4-9-19-14)16-10-12-7-8-15(18-2)17-11-12/h4,6-9,11,13,16H,3,5,10H2,1-2H3. The number of methoxy groups -OCH3 is 1. The van der Waals surface area contributed by atoms with Gasteiger partial charge in [0.15, 0.2) is 0 Å². The van der Waals surface area contributed by atoms with Crippen molar-refractivity contribution in [3.05, 3.63) is 46.3 Å². The lowest BCUT2D eigenvalue weighted by Gasteiger charge is -2.16. The maximum atomic E-state index is 5.06. The van der Waals surface area contributed by atoms with Crippen LogP contribution in [0.5, 0.6) is 5.88 Å². The monoisotopic (exact) mass is 276 g/mol. The van der Waals surface area contributed by atoms with E-state index in [9.17, 15) is 0 Å². The highest BCUT2D eigenvalue weighted by Gasteiger charge is 2.10.